The lowest BCUT2D eigenvalue weighted by Crippen LogP contribution is -2.50. The molecule has 1 saturated heterocycles. The fourth-order valence-electron chi connectivity index (χ4n) is 3.85. The van der Waals surface area contributed by atoms with Crippen LogP contribution < -0.4 is 4.90 Å². The summed E-state index contributed by atoms with van der Waals surface area (Å²) in [4.78, 5) is 17.4. The number of amides is 1. The number of hydrogen-bond donors (Lipinski definition) is 0. The summed E-state index contributed by atoms with van der Waals surface area (Å²) < 4.78 is 5.14. The van der Waals surface area contributed by atoms with Gasteiger partial charge in [0.1, 0.15) is 6.26 Å². The van der Waals surface area contributed by atoms with Gasteiger partial charge in [-0.2, -0.15) is 0 Å². The molecule has 1 aliphatic rings. The molecule has 28 heavy (non-hydrogen) atoms. The van der Waals surface area contributed by atoms with Crippen LogP contribution in [0.4, 0.5) is 5.69 Å². The average Bonchev–Trinajstić information content (AvgIpc) is 3.28. The molecule has 1 fully saturated rings. The summed E-state index contributed by atoms with van der Waals surface area (Å²) in [5, 5.41) is 0. The predicted octanol–water partition coefficient (Wildman–Crippen LogP) is 5.11. The van der Waals surface area contributed by atoms with E-state index in [1.807, 2.05) is 23.1 Å². The number of carbonyl (C=O) groups excluding carboxylic acids is 1. The zero-order chi connectivity index (χ0) is 19.5. The third-order valence-electron chi connectivity index (χ3n) is 5.50. The summed E-state index contributed by atoms with van der Waals surface area (Å²) in [6.45, 7) is 6.69. The van der Waals surface area contributed by atoms with E-state index in [-0.39, 0.29) is 11.9 Å². The first-order valence-corrected chi connectivity index (χ1v) is 9.86. The van der Waals surface area contributed by atoms with Crippen LogP contribution in [0, 0.1) is 0 Å². The van der Waals surface area contributed by atoms with E-state index < -0.39 is 0 Å². The Balaban J connectivity index is 1.64. The van der Waals surface area contributed by atoms with Crippen molar-refractivity contribution in [3.05, 3.63) is 89.9 Å². The maximum absolute atomic E-state index is 13.1. The van der Waals surface area contributed by atoms with Gasteiger partial charge in [0.2, 0.25) is 0 Å². The highest BCUT2D eigenvalue weighted by Crippen LogP contribution is 2.31. The topological polar surface area (TPSA) is 36.7 Å². The van der Waals surface area contributed by atoms with Gasteiger partial charge >= 0.3 is 0 Å². The molecule has 4 rings (SSSR count). The zero-order valence-electron chi connectivity index (χ0n) is 16.4. The summed E-state index contributed by atoms with van der Waals surface area (Å²) >= 11 is 0. The number of hydrogen-bond acceptors (Lipinski definition) is 3. The van der Waals surface area contributed by atoms with E-state index in [2.05, 4.69) is 55.1 Å². The van der Waals surface area contributed by atoms with E-state index >= 15 is 0 Å². The van der Waals surface area contributed by atoms with Gasteiger partial charge < -0.3 is 14.2 Å². The van der Waals surface area contributed by atoms with Crippen LogP contribution in [-0.4, -0.2) is 30.4 Å². The number of piperazine rings is 1. The fraction of sp³-hybridized carbons (Fsp3) is 0.292. The van der Waals surface area contributed by atoms with E-state index in [0.717, 1.165) is 18.7 Å². The predicted molar refractivity (Wildman–Crippen MR) is 112 cm³/mol. The quantitative estimate of drug-likeness (QED) is 0.637. The molecule has 144 valence electrons. The smallest absolute Gasteiger partial charge is 0.257 e. The lowest BCUT2D eigenvalue weighted by molar-refractivity contribution is 0.0654. The maximum Gasteiger partial charge on any atom is 0.257 e. The van der Waals surface area contributed by atoms with Gasteiger partial charge in [-0.3, -0.25) is 4.79 Å². The van der Waals surface area contributed by atoms with Crippen molar-refractivity contribution in [2.45, 2.75) is 25.8 Å². The van der Waals surface area contributed by atoms with Gasteiger partial charge in [-0.25, -0.2) is 0 Å². The summed E-state index contributed by atoms with van der Waals surface area (Å²) in [7, 11) is 0. The standard InChI is InChI=1S/C24H26N2O2/c1-18(2)20-9-6-10-22(15-20)25-12-13-26(24(27)21-11-14-28-17-21)23(16-25)19-7-4-3-5-8-19/h3-11,14-15,17-18,23H,12-13,16H2,1-2H3. The minimum atomic E-state index is 0.0000520. The Kier molecular flexibility index (Phi) is 5.20. The molecule has 2 heterocycles. The second-order valence-corrected chi connectivity index (χ2v) is 7.63. The van der Waals surface area contributed by atoms with Gasteiger partial charge in [0.05, 0.1) is 17.9 Å². The van der Waals surface area contributed by atoms with Crippen molar-refractivity contribution in [1.82, 2.24) is 4.90 Å². The molecule has 1 aromatic heterocycles. The van der Waals surface area contributed by atoms with Crippen molar-refractivity contribution in [1.29, 1.82) is 0 Å². The molecular weight excluding hydrogens is 348 g/mol. The number of anilines is 1. The summed E-state index contributed by atoms with van der Waals surface area (Å²) in [6.07, 6.45) is 3.08. The van der Waals surface area contributed by atoms with Crippen LogP contribution in [-0.2, 0) is 0 Å². The van der Waals surface area contributed by atoms with Gasteiger partial charge in [-0.15, -0.1) is 0 Å². The first-order chi connectivity index (χ1) is 13.6. The second-order valence-electron chi connectivity index (χ2n) is 7.63. The van der Waals surface area contributed by atoms with E-state index in [0.29, 0.717) is 18.0 Å². The lowest BCUT2D eigenvalue weighted by atomic mass is 9.99. The van der Waals surface area contributed by atoms with Crippen molar-refractivity contribution in [2.75, 3.05) is 24.5 Å². The molecule has 2 aromatic carbocycles. The highest BCUT2D eigenvalue weighted by molar-refractivity contribution is 5.94. The molecule has 4 nitrogen and oxygen atoms in total. The lowest BCUT2D eigenvalue weighted by Gasteiger charge is -2.42. The summed E-state index contributed by atoms with van der Waals surface area (Å²) in [6, 6.07) is 20.8. The Bertz CT molecular complexity index is 919. The Morgan fingerprint density at radius 2 is 1.86 bits per heavy atom. The first-order valence-electron chi connectivity index (χ1n) is 9.86. The van der Waals surface area contributed by atoms with Gasteiger partial charge in [0.25, 0.3) is 5.91 Å². The highest BCUT2D eigenvalue weighted by Gasteiger charge is 2.32. The Morgan fingerprint density at radius 3 is 2.57 bits per heavy atom. The molecule has 0 bridgehead atoms. The molecular formula is C24H26N2O2. The van der Waals surface area contributed by atoms with E-state index in [9.17, 15) is 4.79 Å². The normalized spacial score (nSPS) is 17.2. The molecule has 0 aliphatic carbocycles. The second kappa shape index (κ2) is 7.93. The minimum absolute atomic E-state index is 0.0000520. The van der Waals surface area contributed by atoms with E-state index in [4.69, 9.17) is 4.42 Å². The number of nitrogens with zero attached hydrogens (tertiary/aromatic N) is 2. The molecule has 4 heteroatoms. The third kappa shape index (κ3) is 3.68. The van der Waals surface area contributed by atoms with E-state index in [1.54, 1.807) is 12.3 Å². The SMILES string of the molecule is CC(C)c1cccc(N2CCN(C(=O)c3ccoc3)C(c3ccccc3)C2)c1. The molecule has 0 spiro atoms. The first kappa shape index (κ1) is 18.4. The average molecular weight is 374 g/mol. The largest absolute Gasteiger partial charge is 0.472 e. The van der Waals surface area contributed by atoms with Crippen molar-refractivity contribution in [2.24, 2.45) is 0 Å². The third-order valence-corrected chi connectivity index (χ3v) is 5.50. The van der Waals surface area contributed by atoms with Crippen LogP contribution in [0.3, 0.4) is 0 Å². The van der Waals surface area contributed by atoms with Crippen molar-refractivity contribution in [3.63, 3.8) is 0 Å². The zero-order valence-corrected chi connectivity index (χ0v) is 16.4. The van der Waals surface area contributed by atoms with Crippen LogP contribution in [0.15, 0.2) is 77.6 Å². The van der Waals surface area contributed by atoms with Crippen LogP contribution in [0.5, 0.6) is 0 Å². The van der Waals surface area contributed by atoms with Crippen molar-refractivity contribution in [3.8, 4) is 0 Å². The number of carbonyl (C=O) groups is 1. The van der Waals surface area contributed by atoms with Crippen molar-refractivity contribution < 1.29 is 9.21 Å². The fourth-order valence-corrected chi connectivity index (χ4v) is 3.85. The van der Waals surface area contributed by atoms with Crippen LogP contribution in [0.25, 0.3) is 0 Å². The molecule has 0 radical (unpaired) electrons. The molecule has 1 atom stereocenters. The molecule has 3 aromatic rings. The van der Waals surface area contributed by atoms with Gasteiger partial charge in [0, 0.05) is 25.3 Å². The number of furan rings is 1. The molecule has 0 saturated carbocycles. The van der Waals surface area contributed by atoms with Crippen LogP contribution in [0.1, 0.15) is 47.3 Å². The Morgan fingerprint density at radius 1 is 1.04 bits per heavy atom. The molecule has 1 amide bonds. The molecule has 1 unspecified atom stereocenters. The highest BCUT2D eigenvalue weighted by atomic mass is 16.3. The number of rotatable bonds is 4. The molecule has 0 N–H and O–H groups in total. The number of benzene rings is 2. The van der Waals surface area contributed by atoms with E-state index in [1.165, 1.54) is 17.5 Å². The van der Waals surface area contributed by atoms with Crippen molar-refractivity contribution >= 4 is 11.6 Å². The Labute approximate surface area is 166 Å². The van der Waals surface area contributed by atoms with Crippen LogP contribution in [0.2, 0.25) is 0 Å². The van der Waals surface area contributed by atoms with Gasteiger partial charge in [0.15, 0.2) is 0 Å². The Hall–Kier alpha value is -3.01. The summed E-state index contributed by atoms with van der Waals surface area (Å²) in [5.74, 6) is 0.520. The minimum Gasteiger partial charge on any atom is -0.472 e. The monoisotopic (exact) mass is 374 g/mol. The maximum atomic E-state index is 13.1. The summed E-state index contributed by atoms with van der Waals surface area (Å²) in [5.41, 5.74) is 4.33. The van der Waals surface area contributed by atoms with Crippen LogP contribution >= 0.6 is 0 Å². The van der Waals surface area contributed by atoms with Gasteiger partial charge in [-0.05, 0) is 35.2 Å². The molecule has 1 aliphatic heterocycles. The van der Waals surface area contributed by atoms with Gasteiger partial charge in [-0.1, -0.05) is 56.3 Å².